The van der Waals surface area contributed by atoms with Crippen LogP contribution in [0.3, 0.4) is 0 Å². The Labute approximate surface area is 181 Å². The Hall–Kier alpha value is -3.51. The molecule has 0 aliphatic carbocycles. The predicted molar refractivity (Wildman–Crippen MR) is 116 cm³/mol. The lowest BCUT2D eigenvalue weighted by Gasteiger charge is -2.22. The van der Waals surface area contributed by atoms with Crippen LogP contribution in [-0.4, -0.2) is 43.5 Å². The highest BCUT2D eigenvalue weighted by atomic mass is 19.1. The van der Waals surface area contributed by atoms with Crippen molar-refractivity contribution in [2.45, 2.75) is 6.54 Å². The van der Waals surface area contributed by atoms with Gasteiger partial charge in [-0.15, -0.1) is 0 Å². The van der Waals surface area contributed by atoms with Gasteiger partial charge in [0.2, 0.25) is 0 Å². The zero-order valence-electron chi connectivity index (χ0n) is 17.3. The molecule has 160 valence electrons. The van der Waals surface area contributed by atoms with Crippen molar-refractivity contribution in [2.75, 3.05) is 26.9 Å². The predicted octanol–water partition coefficient (Wildman–Crippen LogP) is 4.11. The molecule has 0 saturated heterocycles. The van der Waals surface area contributed by atoms with Crippen molar-refractivity contribution >= 4 is 11.7 Å². The Morgan fingerprint density at radius 1 is 0.871 bits per heavy atom. The largest absolute Gasteiger partial charge is 0.484 e. The molecule has 0 atom stereocenters. The van der Waals surface area contributed by atoms with E-state index >= 15 is 0 Å². The van der Waals surface area contributed by atoms with Crippen molar-refractivity contribution in [3.8, 4) is 5.75 Å². The van der Waals surface area contributed by atoms with E-state index in [1.165, 1.54) is 24.3 Å². The van der Waals surface area contributed by atoms with Crippen LogP contribution in [-0.2, 0) is 16.1 Å². The summed E-state index contributed by atoms with van der Waals surface area (Å²) in [5.41, 5.74) is 1.88. The summed E-state index contributed by atoms with van der Waals surface area (Å²) in [5.74, 6) is -0.282. The summed E-state index contributed by atoms with van der Waals surface area (Å²) in [6.45, 7) is 1.23. The molecule has 1 amide bonds. The molecule has 3 rings (SSSR count). The molecule has 3 aromatic rings. The first-order valence-electron chi connectivity index (χ1n) is 9.90. The Morgan fingerprint density at radius 2 is 1.48 bits per heavy atom. The zero-order valence-corrected chi connectivity index (χ0v) is 17.3. The van der Waals surface area contributed by atoms with Crippen LogP contribution in [0.4, 0.5) is 4.39 Å². The first-order valence-corrected chi connectivity index (χ1v) is 9.90. The summed E-state index contributed by atoms with van der Waals surface area (Å²) in [6, 6.07) is 21.6. The van der Waals surface area contributed by atoms with E-state index in [9.17, 15) is 14.0 Å². The van der Waals surface area contributed by atoms with E-state index in [1.54, 1.807) is 36.3 Å². The monoisotopic (exact) mass is 421 g/mol. The Bertz CT molecular complexity index is 988. The fraction of sp³-hybridized carbons (Fsp3) is 0.200. The normalized spacial score (nSPS) is 10.5. The van der Waals surface area contributed by atoms with Crippen molar-refractivity contribution in [1.82, 2.24) is 4.90 Å². The summed E-state index contributed by atoms with van der Waals surface area (Å²) in [6.07, 6.45) is 0. The van der Waals surface area contributed by atoms with Gasteiger partial charge in [0.25, 0.3) is 5.91 Å². The first-order chi connectivity index (χ1) is 15.1. The number of carbonyl (C=O) groups is 2. The second-order valence-corrected chi connectivity index (χ2v) is 6.94. The minimum atomic E-state index is -0.392. The third-order valence-electron chi connectivity index (χ3n) is 4.72. The molecule has 0 aromatic heterocycles. The standard InChI is InChI=1S/C25H24FNO4/c1-30-16-15-27(17-19-5-3-2-4-6-19)24(28)18-31-23-13-9-21(10-14-23)25(29)20-7-11-22(26)12-8-20/h2-14H,15-18H2,1H3. The maximum Gasteiger partial charge on any atom is 0.260 e. The van der Waals surface area contributed by atoms with E-state index < -0.39 is 5.82 Å². The van der Waals surface area contributed by atoms with Crippen LogP contribution >= 0.6 is 0 Å². The van der Waals surface area contributed by atoms with Crippen LogP contribution in [0, 0.1) is 5.82 Å². The number of ether oxygens (including phenoxy) is 2. The molecule has 0 fully saturated rings. The third-order valence-corrected chi connectivity index (χ3v) is 4.72. The number of halogens is 1. The van der Waals surface area contributed by atoms with E-state index in [2.05, 4.69) is 0 Å². The SMILES string of the molecule is COCCN(Cc1ccccc1)C(=O)COc1ccc(C(=O)c2ccc(F)cc2)cc1. The smallest absolute Gasteiger partial charge is 0.260 e. The van der Waals surface area contributed by atoms with Crippen molar-refractivity contribution in [2.24, 2.45) is 0 Å². The summed E-state index contributed by atoms with van der Waals surface area (Å²) in [4.78, 5) is 26.8. The number of nitrogens with zero attached hydrogens (tertiary/aromatic N) is 1. The molecule has 5 nitrogen and oxygen atoms in total. The highest BCUT2D eigenvalue weighted by Crippen LogP contribution is 2.16. The summed E-state index contributed by atoms with van der Waals surface area (Å²) < 4.78 is 23.8. The number of ketones is 1. The van der Waals surface area contributed by atoms with Gasteiger partial charge in [-0.1, -0.05) is 30.3 Å². The van der Waals surface area contributed by atoms with E-state index in [-0.39, 0.29) is 18.3 Å². The lowest BCUT2D eigenvalue weighted by atomic mass is 10.0. The van der Waals surface area contributed by atoms with Gasteiger partial charge in [0.15, 0.2) is 12.4 Å². The van der Waals surface area contributed by atoms with Crippen LogP contribution in [0.25, 0.3) is 0 Å². The topological polar surface area (TPSA) is 55.8 Å². The fourth-order valence-electron chi connectivity index (χ4n) is 3.00. The van der Waals surface area contributed by atoms with Crippen LogP contribution in [0.1, 0.15) is 21.5 Å². The summed E-state index contributed by atoms with van der Waals surface area (Å²) >= 11 is 0. The van der Waals surface area contributed by atoms with E-state index in [0.717, 1.165) is 5.56 Å². The lowest BCUT2D eigenvalue weighted by Crippen LogP contribution is -2.36. The molecule has 0 aliphatic rings. The maximum atomic E-state index is 13.0. The molecule has 31 heavy (non-hydrogen) atoms. The number of hydrogen-bond acceptors (Lipinski definition) is 4. The van der Waals surface area contributed by atoms with Gasteiger partial charge < -0.3 is 14.4 Å². The third kappa shape index (κ3) is 6.49. The molecule has 3 aromatic carbocycles. The number of methoxy groups -OCH3 is 1. The van der Waals surface area contributed by atoms with Gasteiger partial charge in [-0.3, -0.25) is 9.59 Å². The number of amides is 1. The van der Waals surface area contributed by atoms with Crippen molar-refractivity contribution in [3.63, 3.8) is 0 Å². The Balaban J connectivity index is 1.59. The maximum absolute atomic E-state index is 13.0. The molecule has 6 heteroatoms. The van der Waals surface area contributed by atoms with Gasteiger partial charge in [-0.2, -0.15) is 0 Å². The molecular weight excluding hydrogens is 397 g/mol. The molecule has 0 bridgehead atoms. The van der Waals surface area contributed by atoms with Crippen LogP contribution in [0.2, 0.25) is 0 Å². The van der Waals surface area contributed by atoms with Gasteiger partial charge in [0.1, 0.15) is 11.6 Å². The van der Waals surface area contributed by atoms with Gasteiger partial charge >= 0.3 is 0 Å². The summed E-state index contributed by atoms with van der Waals surface area (Å²) in [5, 5.41) is 0. The molecule has 0 saturated carbocycles. The lowest BCUT2D eigenvalue weighted by molar-refractivity contribution is -0.134. The average Bonchev–Trinajstić information content (AvgIpc) is 2.81. The van der Waals surface area contributed by atoms with E-state index in [1.807, 2.05) is 30.3 Å². The van der Waals surface area contributed by atoms with Crippen LogP contribution in [0.5, 0.6) is 5.75 Å². The zero-order chi connectivity index (χ0) is 22.1. The molecular formula is C25H24FNO4. The van der Waals surface area contributed by atoms with Gasteiger partial charge in [-0.25, -0.2) is 4.39 Å². The number of benzene rings is 3. The highest BCUT2D eigenvalue weighted by Gasteiger charge is 2.15. The summed E-state index contributed by atoms with van der Waals surface area (Å²) in [7, 11) is 1.59. The molecule has 0 unspecified atom stereocenters. The number of rotatable bonds is 10. The Kier molecular flexibility index (Phi) is 7.90. The van der Waals surface area contributed by atoms with Gasteiger partial charge in [0.05, 0.1) is 6.61 Å². The molecule has 0 radical (unpaired) electrons. The fourth-order valence-corrected chi connectivity index (χ4v) is 3.00. The van der Waals surface area contributed by atoms with Gasteiger partial charge in [0, 0.05) is 31.3 Å². The minimum absolute atomic E-state index is 0.123. The molecule has 0 spiro atoms. The van der Waals surface area contributed by atoms with Crippen LogP contribution < -0.4 is 4.74 Å². The Morgan fingerprint density at radius 3 is 2.10 bits per heavy atom. The van der Waals surface area contributed by atoms with Crippen molar-refractivity contribution in [1.29, 1.82) is 0 Å². The van der Waals surface area contributed by atoms with Gasteiger partial charge in [-0.05, 0) is 54.1 Å². The molecule has 0 aliphatic heterocycles. The van der Waals surface area contributed by atoms with E-state index in [0.29, 0.717) is 36.6 Å². The van der Waals surface area contributed by atoms with Crippen molar-refractivity contribution in [3.05, 3.63) is 101 Å². The second kappa shape index (κ2) is 11.0. The highest BCUT2D eigenvalue weighted by molar-refractivity contribution is 6.09. The van der Waals surface area contributed by atoms with Crippen LogP contribution in [0.15, 0.2) is 78.9 Å². The average molecular weight is 421 g/mol. The molecule has 0 heterocycles. The van der Waals surface area contributed by atoms with E-state index in [4.69, 9.17) is 9.47 Å². The molecule has 0 N–H and O–H groups in total. The van der Waals surface area contributed by atoms with Crippen molar-refractivity contribution < 1.29 is 23.5 Å². The number of hydrogen-bond donors (Lipinski definition) is 0. The minimum Gasteiger partial charge on any atom is -0.484 e. The number of carbonyl (C=O) groups excluding carboxylic acids is 2. The first kappa shape index (κ1) is 22.2. The second-order valence-electron chi connectivity index (χ2n) is 6.94. The quantitative estimate of drug-likeness (QED) is 0.463.